The molecule has 1 heteroatoms. The standard InChI is InChI=1S/C18H29N/c1-4-15(3)13-18(5-2)11-12-19-14-17(18)16-9-7-6-8-10-16/h6-10,15,17,19H,4-5,11-14H2,1-3H3. The zero-order valence-corrected chi connectivity index (χ0v) is 12.8. The first-order valence-corrected chi connectivity index (χ1v) is 7.97. The third-order valence-electron chi connectivity index (χ3n) is 5.25. The van der Waals surface area contributed by atoms with Crippen LogP contribution < -0.4 is 5.32 Å². The molecule has 0 bridgehead atoms. The molecule has 0 saturated carbocycles. The van der Waals surface area contributed by atoms with E-state index >= 15 is 0 Å². The molecule has 3 unspecified atom stereocenters. The van der Waals surface area contributed by atoms with Crippen molar-refractivity contribution < 1.29 is 0 Å². The number of hydrogen-bond acceptors (Lipinski definition) is 1. The minimum absolute atomic E-state index is 0.502. The van der Waals surface area contributed by atoms with Crippen LogP contribution in [0.5, 0.6) is 0 Å². The minimum Gasteiger partial charge on any atom is -0.316 e. The molecule has 1 aromatic carbocycles. The molecule has 0 aromatic heterocycles. The lowest BCUT2D eigenvalue weighted by Crippen LogP contribution is -2.44. The van der Waals surface area contributed by atoms with Crippen LogP contribution in [0.3, 0.4) is 0 Å². The fourth-order valence-corrected chi connectivity index (χ4v) is 3.78. The second-order valence-electron chi connectivity index (χ2n) is 6.35. The van der Waals surface area contributed by atoms with Crippen LogP contribution >= 0.6 is 0 Å². The molecule has 1 N–H and O–H groups in total. The molecule has 106 valence electrons. The van der Waals surface area contributed by atoms with Crippen LogP contribution in [-0.2, 0) is 0 Å². The Hall–Kier alpha value is -0.820. The van der Waals surface area contributed by atoms with Gasteiger partial charge in [-0.3, -0.25) is 0 Å². The summed E-state index contributed by atoms with van der Waals surface area (Å²) < 4.78 is 0. The van der Waals surface area contributed by atoms with Crippen LogP contribution in [0.4, 0.5) is 0 Å². The van der Waals surface area contributed by atoms with Crippen LogP contribution in [0.15, 0.2) is 30.3 Å². The van der Waals surface area contributed by atoms with Gasteiger partial charge in [0.1, 0.15) is 0 Å². The maximum absolute atomic E-state index is 3.61. The van der Waals surface area contributed by atoms with Crippen molar-refractivity contribution in [3.8, 4) is 0 Å². The number of rotatable bonds is 5. The smallest absolute Gasteiger partial charge is 0.00255 e. The van der Waals surface area contributed by atoms with Gasteiger partial charge < -0.3 is 5.32 Å². The fourth-order valence-electron chi connectivity index (χ4n) is 3.78. The van der Waals surface area contributed by atoms with Gasteiger partial charge in [0.05, 0.1) is 0 Å². The van der Waals surface area contributed by atoms with Gasteiger partial charge in [-0.1, -0.05) is 57.5 Å². The second kappa shape index (κ2) is 6.56. The topological polar surface area (TPSA) is 12.0 Å². The molecule has 0 amide bonds. The van der Waals surface area contributed by atoms with Gasteiger partial charge in [-0.25, -0.2) is 0 Å². The van der Waals surface area contributed by atoms with Crippen LogP contribution in [-0.4, -0.2) is 13.1 Å². The van der Waals surface area contributed by atoms with Crippen molar-refractivity contribution in [2.75, 3.05) is 13.1 Å². The van der Waals surface area contributed by atoms with E-state index in [2.05, 4.69) is 56.4 Å². The lowest BCUT2D eigenvalue weighted by atomic mass is 9.62. The Labute approximate surface area is 118 Å². The maximum Gasteiger partial charge on any atom is 0.00255 e. The summed E-state index contributed by atoms with van der Waals surface area (Å²) in [5.41, 5.74) is 2.03. The lowest BCUT2D eigenvalue weighted by molar-refractivity contribution is 0.116. The molecule has 1 aliphatic rings. The lowest BCUT2D eigenvalue weighted by Gasteiger charge is -2.46. The molecule has 0 spiro atoms. The third-order valence-corrected chi connectivity index (χ3v) is 5.25. The summed E-state index contributed by atoms with van der Waals surface area (Å²) >= 11 is 0. The summed E-state index contributed by atoms with van der Waals surface area (Å²) in [6.45, 7) is 9.47. The number of nitrogens with one attached hydrogen (secondary N) is 1. The molecule has 1 nitrogen and oxygen atoms in total. The first-order chi connectivity index (χ1) is 9.22. The molecule has 1 aromatic rings. The molecular formula is C18H29N. The normalized spacial score (nSPS) is 29.1. The molecule has 1 fully saturated rings. The fraction of sp³-hybridized carbons (Fsp3) is 0.667. The molecule has 1 aliphatic heterocycles. The first-order valence-electron chi connectivity index (χ1n) is 7.97. The summed E-state index contributed by atoms with van der Waals surface area (Å²) in [6, 6.07) is 11.1. The predicted octanol–water partition coefficient (Wildman–Crippen LogP) is 4.60. The van der Waals surface area contributed by atoms with E-state index in [1.165, 1.54) is 37.8 Å². The summed E-state index contributed by atoms with van der Waals surface area (Å²) in [6.07, 6.45) is 5.31. The highest BCUT2D eigenvalue weighted by atomic mass is 14.9. The van der Waals surface area contributed by atoms with Crippen LogP contribution in [0.2, 0.25) is 0 Å². The predicted molar refractivity (Wildman–Crippen MR) is 83.5 cm³/mol. The van der Waals surface area contributed by atoms with Gasteiger partial charge in [0.2, 0.25) is 0 Å². The zero-order chi connectivity index (χ0) is 13.7. The number of piperidine rings is 1. The molecule has 1 heterocycles. The summed E-state index contributed by atoms with van der Waals surface area (Å²) in [7, 11) is 0. The van der Waals surface area contributed by atoms with Gasteiger partial charge in [0, 0.05) is 12.5 Å². The summed E-state index contributed by atoms with van der Waals surface area (Å²) in [5.74, 6) is 1.52. The van der Waals surface area contributed by atoms with E-state index in [1.54, 1.807) is 0 Å². The Morgan fingerprint density at radius 1 is 1.26 bits per heavy atom. The Morgan fingerprint density at radius 2 is 2.00 bits per heavy atom. The average Bonchev–Trinajstić information content (AvgIpc) is 2.48. The van der Waals surface area contributed by atoms with Crippen molar-refractivity contribution in [3.05, 3.63) is 35.9 Å². The quantitative estimate of drug-likeness (QED) is 0.815. The van der Waals surface area contributed by atoms with Gasteiger partial charge in [0.25, 0.3) is 0 Å². The van der Waals surface area contributed by atoms with E-state index in [1.807, 2.05) is 0 Å². The van der Waals surface area contributed by atoms with Crippen molar-refractivity contribution in [2.45, 2.75) is 52.4 Å². The molecule has 19 heavy (non-hydrogen) atoms. The maximum atomic E-state index is 3.61. The second-order valence-corrected chi connectivity index (χ2v) is 6.35. The van der Waals surface area contributed by atoms with Gasteiger partial charge in [-0.05, 0) is 42.7 Å². The van der Waals surface area contributed by atoms with Crippen molar-refractivity contribution in [1.82, 2.24) is 5.32 Å². The highest BCUT2D eigenvalue weighted by Gasteiger charge is 2.40. The highest BCUT2D eigenvalue weighted by molar-refractivity contribution is 5.23. The Morgan fingerprint density at radius 3 is 2.63 bits per heavy atom. The summed E-state index contributed by atoms with van der Waals surface area (Å²) in [4.78, 5) is 0. The Kier molecular flexibility index (Phi) is 5.04. The average molecular weight is 259 g/mol. The van der Waals surface area contributed by atoms with Gasteiger partial charge >= 0.3 is 0 Å². The third kappa shape index (κ3) is 3.20. The molecule has 2 rings (SSSR count). The monoisotopic (exact) mass is 259 g/mol. The van der Waals surface area contributed by atoms with E-state index in [-0.39, 0.29) is 0 Å². The van der Waals surface area contributed by atoms with Crippen LogP contribution in [0, 0.1) is 11.3 Å². The first kappa shape index (κ1) is 14.6. The van der Waals surface area contributed by atoms with Crippen LogP contribution in [0.25, 0.3) is 0 Å². The molecule has 3 atom stereocenters. The Balaban J connectivity index is 2.26. The van der Waals surface area contributed by atoms with Crippen molar-refractivity contribution in [2.24, 2.45) is 11.3 Å². The van der Waals surface area contributed by atoms with E-state index in [9.17, 15) is 0 Å². The largest absolute Gasteiger partial charge is 0.316 e. The SMILES string of the molecule is CCC(C)CC1(CC)CCNCC1c1ccccc1. The zero-order valence-electron chi connectivity index (χ0n) is 12.8. The number of hydrogen-bond donors (Lipinski definition) is 1. The minimum atomic E-state index is 0.502. The van der Waals surface area contributed by atoms with Gasteiger partial charge in [0.15, 0.2) is 0 Å². The van der Waals surface area contributed by atoms with Crippen molar-refractivity contribution >= 4 is 0 Å². The van der Waals surface area contributed by atoms with E-state index in [4.69, 9.17) is 0 Å². The highest BCUT2D eigenvalue weighted by Crippen LogP contribution is 2.48. The molecule has 0 radical (unpaired) electrons. The molecule has 0 aliphatic carbocycles. The van der Waals surface area contributed by atoms with Crippen molar-refractivity contribution in [1.29, 1.82) is 0 Å². The van der Waals surface area contributed by atoms with Crippen LogP contribution in [0.1, 0.15) is 57.9 Å². The van der Waals surface area contributed by atoms with Crippen molar-refractivity contribution in [3.63, 3.8) is 0 Å². The Bertz CT molecular complexity index is 373. The number of benzene rings is 1. The summed E-state index contributed by atoms with van der Waals surface area (Å²) in [5, 5.41) is 3.61. The van der Waals surface area contributed by atoms with E-state index in [0.717, 1.165) is 12.5 Å². The van der Waals surface area contributed by atoms with E-state index in [0.29, 0.717) is 11.3 Å². The molecular weight excluding hydrogens is 230 g/mol. The molecule has 1 saturated heterocycles. The van der Waals surface area contributed by atoms with Gasteiger partial charge in [-0.2, -0.15) is 0 Å². The van der Waals surface area contributed by atoms with Gasteiger partial charge in [-0.15, -0.1) is 0 Å². The van der Waals surface area contributed by atoms with E-state index < -0.39 is 0 Å².